The number of carbonyl (C=O) groups is 1. The molecule has 0 saturated heterocycles. The number of rotatable bonds is 3. The highest BCUT2D eigenvalue weighted by Crippen LogP contribution is 2.20. The van der Waals surface area contributed by atoms with Crippen molar-refractivity contribution in [2.45, 2.75) is 19.9 Å². The van der Waals surface area contributed by atoms with Crippen LogP contribution in [0.15, 0.2) is 48.5 Å². The standard InChI is InChI=1S/C16H15N3O2/c1-11-7-3-6-10-15(11)21-16(20)12(2)19-14-9-5-4-8-13(14)17-18-19/h3-10,12H,1-2H3. The molecule has 0 spiro atoms. The van der Waals surface area contributed by atoms with Crippen LogP contribution in [-0.2, 0) is 4.79 Å². The number of esters is 1. The van der Waals surface area contributed by atoms with E-state index < -0.39 is 6.04 Å². The highest BCUT2D eigenvalue weighted by molar-refractivity contribution is 5.80. The molecule has 3 rings (SSSR count). The average Bonchev–Trinajstić information content (AvgIpc) is 2.92. The predicted molar refractivity (Wildman–Crippen MR) is 79.1 cm³/mol. The third-order valence-corrected chi connectivity index (χ3v) is 3.39. The van der Waals surface area contributed by atoms with Gasteiger partial charge in [-0.2, -0.15) is 0 Å². The molecule has 1 atom stereocenters. The third-order valence-electron chi connectivity index (χ3n) is 3.39. The summed E-state index contributed by atoms with van der Waals surface area (Å²) in [7, 11) is 0. The lowest BCUT2D eigenvalue weighted by Crippen LogP contribution is -2.22. The molecule has 2 aromatic carbocycles. The van der Waals surface area contributed by atoms with Gasteiger partial charge in [0, 0.05) is 0 Å². The second-order valence-electron chi connectivity index (χ2n) is 4.89. The summed E-state index contributed by atoms with van der Waals surface area (Å²) in [5.41, 5.74) is 2.49. The number of hydrogen-bond acceptors (Lipinski definition) is 4. The Labute approximate surface area is 122 Å². The summed E-state index contributed by atoms with van der Waals surface area (Å²) in [4.78, 5) is 12.3. The van der Waals surface area contributed by atoms with Gasteiger partial charge >= 0.3 is 5.97 Å². The van der Waals surface area contributed by atoms with Gasteiger partial charge in [0.2, 0.25) is 0 Å². The van der Waals surface area contributed by atoms with Crippen molar-refractivity contribution in [3.63, 3.8) is 0 Å². The molecule has 5 heteroatoms. The van der Waals surface area contributed by atoms with Gasteiger partial charge in [-0.15, -0.1) is 5.10 Å². The maximum atomic E-state index is 12.3. The zero-order valence-corrected chi connectivity index (χ0v) is 11.9. The van der Waals surface area contributed by atoms with Gasteiger partial charge in [0.1, 0.15) is 17.3 Å². The molecule has 3 aromatic rings. The predicted octanol–water partition coefficient (Wildman–Crippen LogP) is 2.91. The van der Waals surface area contributed by atoms with E-state index in [0.29, 0.717) is 5.75 Å². The van der Waals surface area contributed by atoms with Crippen LogP contribution in [0.1, 0.15) is 18.5 Å². The van der Waals surface area contributed by atoms with Crippen LogP contribution in [0.2, 0.25) is 0 Å². The molecule has 0 aliphatic rings. The minimum Gasteiger partial charge on any atom is -0.425 e. The van der Waals surface area contributed by atoms with E-state index >= 15 is 0 Å². The normalized spacial score (nSPS) is 12.3. The second-order valence-corrected chi connectivity index (χ2v) is 4.89. The molecule has 0 bridgehead atoms. The molecule has 0 aliphatic carbocycles. The molecule has 0 aliphatic heterocycles. The summed E-state index contributed by atoms with van der Waals surface area (Å²) in [6.07, 6.45) is 0. The molecule has 1 unspecified atom stereocenters. The lowest BCUT2D eigenvalue weighted by Gasteiger charge is -2.13. The van der Waals surface area contributed by atoms with E-state index in [4.69, 9.17) is 4.74 Å². The lowest BCUT2D eigenvalue weighted by molar-refractivity contribution is -0.137. The van der Waals surface area contributed by atoms with E-state index in [1.807, 2.05) is 49.4 Å². The van der Waals surface area contributed by atoms with Crippen molar-refractivity contribution in [1.82, 2.24) is 15.0 Å². The largest absolute Gasteiger partial charge is 0.425 e. The van der Waals surface area contributed by atoms with E-state index in [-0.39, 0.29) is 5.97 Å². The molecule has 106 valence electrons. The fourth-order valence-corrected chi connectivity index (χ4v) is 2.14. The smallest absolute Gasteiger partial charge is 0.336 e. The highest BCUT2D eigenvalue weighted by Gasteiger charge is 2.21. The molecule has 0 saturated carbocycles. The Morgan fingerprint density at radius 2 is 1.86 bits per heavy atom. The minimum absolute atomic E-state index is 0.361. The van der Waals surface area contributed by atoms with E-state index in [0.717, 1.165) is 16.6 Å². The van der Waals surface area contributed by atoms with Crippen molar-refractivity contribution in [3.05, 3.63) is 54.1 Å². The first-order valence-corrected chi connectivity index (χ1v) is 6.74. The fourth-order valence-electron chi connectivity index (χ4n) is 2.14. The second kappa shape index (κ2) is 5.36. The summed E-state index contributed by atoms with van der Waals surface area (Å²) in [6, 6.07) is 14.4. The van der Waals surface area contributed by atoms with Crippen LogP contribution in [0.4, 0.5) is 0 Å². The molecule has 1 aromatic heterocycles. The van der Waals surface area contributed by atoms with Crippen LogP contribution in [-0.4, -0.2) is 21.0 Å². The topological polar surface area (TPSA) is 57.0 Å². The number of nitrogens with zero attached hydrogens (tertiary/aromatic N) is 3. The summed E-state index contributed by atoms with van der Waals surface area (Å²) in [6.45, 7) is 3.65. The zero-order valence-electron chi connectivity index (χ0n) is 11.9. The Morgan fingerprint density at radius 3 is 2.67 bits per heavy atom. The lowest BCUT2D eigenvalue weighted by atomic mass is 10.2. The van der Waals surface area contributed by atoms with Crippen LogP contribution >= 0.6 is 0 Å². The summed E-state index contributed by atoms with van der Waals surface area (Å²) in [5, 5.41) is 8.10. The van der Waals surface area contributed by atoms with Crippen LogP contribution in [0.25, 0.3) is 11.0 Å². The van der Waals surface area contributed by atoms with Crippen molar-refractivity contribution >= 4 is 17.0 Å². The van der Waals surface area contributed by atoms with Gasteiger partial charge in [0.25, 0.3) is 0 Å². The Balaban J connectivity index is 1.86. The minimum atomic E-state index is -0.544. The van der Waals surface area contributed by atoms with Crippen LogP contribution in [0.3, 0.4) is 0 Å². The van der Waals surface area contributed by atoms with Crippen molar-refractivity contribution in [1.29, 1.82) is 0 Å². The Bertz CT molecular complexity index is 795. The molecular formula is C16H15N3O2. The fraction of sp³-hybridized carbons (Fsp3) is 0.188. The molecule has 0 fully saturated rings. The Hall–Kier alpha value is -2.69. The number of carbonyl (C=O) groups excluding carboxylic acids is 1. The van der Waals surface area contributed by atoms with Gasteiger partial charge in [0.05, 0.1) is 5.52 Å². The first-order chi connectivity index (χ1) is 10.2. The summed E-state index contributed by atoms with van der Waals surface area (Å²) in [5.74, 6) is 0.207. The van der Waals surface area contributed by atoms with E-state index in [1.54, 1.807) is 17.7 Å². The molecule has 0 N–H and O–H groups in total. The summed E-state index contributed by atoms with van der Waals surface area (Å²) >= 11 is 0. The van der Waals surface area contributed by atoms with Gasteiger partial charge in [-0.05, 0) is 37.6 Å². The van der Waals surface area contributed by atoms with Gasteiger partial charge in [-0.25, -0.2) is 9.48 Å². The highest BCUT2D eigenvalue weighted by atomic mass is 16.5. The van der Waals surface area contributed by atoms with E-state index in [1.165, 1.54) is 0 Å². The maximum absolute atomic E-state index is 12.3. The molecule has 5 nitrogen and oxygen atoms in total. The maximum Gasteiger partial charge on any atom is 0.336 e. The molecule has 1 heterocycles. The van der Waals surface area contributed by atoms with Crippen molar-refractivity contribution in [3.8, 4) is 5.75 Å². The number of aromatic nitrogens is 3. The first-order valence-electron chi connectivity index (χ1n) is 6.74. The van der Waals surface area contributed by atoms with Crippen LogP contribution < -0.4 is 4.74 Å². The van der Waals surface area contributed by atoms with E-state index in [2.05, 4.69) is 10.3 Å². The Kier molecular flexibility index (Phi) is 3.39. The van der Waals surface area contributed by atoms with Crippen molar-refractivity contribution in [2.24, 2.45) is 0 Å². The van der Waals surface area contributed by atoms with E-state index in [9.17, 15) is 4.79 Å². The van der Waals surface area contributed by atoms with Crippen molar-refractivity contribution < 1.29 is 9.53 Å². The number of hydrogen-bond donors (Lipinski definition) is 0. The molecule has 0 radical (unpaired) electrons. The zero-order chi connectivity index (χ0) is 14.8. The van der Waals surface area contributed by atoms with Crippen molar-refractivity contribution in [2.75, 3.05) is 0 Å². The quantitative estimate of drug-likeness (QED) is 0.547. The molecular weight excluding hydrogens is 266 g/mol. The number of para-hydroxylation sites is 2. The SMILES string of the molecule is Cc1ccccc1OC(=O)C(C)n1nnc2ccccc21. The number of fused-ring (bicyclic) bond motifs is 1. The van der Waals surface area contributed by atoms with Crippen LogP contribution in [0, 0.1) is 6.92 Å². The van der Waals surface area contributed by atoms with Gasteiger partial charge in [0.15, 0.2) is 0 Å². The molecule has 0 amide bonds. The van der Waals surface area contributed by atoms with Gasteiger partial charge in [-0.3, -0.25) is 0 Å². The number of benzene rings is 2. The average molecular weight is 281 g/mol. The van der Waals surface area contributed by atoms with Gasteiger partial charge in [-0.1, -0.05) is 35.5 Å². The van der Waals surface area contributed by atoms with Gasteiger partial charge < -0.3 is 4.74 Å². The summed E-state index contributed by atoms with van der Waals surface area (Å²) < 4.78 is 7.03. The third kappa shape index (κ3) is 2.50. The first kappa shape index (κ1) is 13.3. The number of aryl methyl sites for hydroxylation is 1. The van der Waals surface area contributed by atoms with Crippen LogP contribution in [0.5, 0.6) is 5.75 Å². The Morgan fingerprint density at radius 1 is 1.14 bits per heavy atom. The molecule has 21 heavy (non-hydrogen) atoms. The monoisotopic (exact) mass is 281 g/mol. The number of ether oxygens (including phenoxy) is 1.